The molecule has 0 atom stereocenters. The number of nitrogens with one attached hydrogen (secondary N) is 1. The molecule has 0 radical (unpaired) electrons. The Balaban J connectivity index is 1.83. The molecule has 30 heavy (non-hydrogen) atoms. The summed E-state index contributed by atoms with van der Waals surface area (Å²) in [6.45, 7) is 0.855. The fourth-order valence-electron chi connectivity index (χ4n) is 2.75. The lowest BCUT2D eigenvalue weighted by Crippen LogP contribution is -2.40. The molecule has 1 N–H and O–H groups in total. The smallest absolute Gasteiger partial charge is 0.295 e. The lowest BCUT2D eigenvalue weighted by Gasteiger charge is -2.26. The molecule has 0 aliphatic carbocycles. The number of hydrogen-bond acceptors (Lipinski definition) is 9. The Morgan fingerprint density at radius 2 is 1.80 bits per heavy atom. The van der Waals surface area contributed by atoms with Crippen LogP contribution in [0.4, 0.5) is 17.1 Å². The van der Waals surface area contributed by atoms with Crippen LogP contribution >= 0.6 is 0 Å². The van der Waals surface area contributed by atoms with Crippen LogP contribution in [-0.2, 0) is 14.8 Å². The van der Waals surface area contributed by atoms with Crippen molar-refractivity contribution in [3.8, 4) is 0 Å². The van der Waals surface area contributed by atoms with Crippen LogP contribution < -0.4 is 5.43 Å². The van der Waals surface area contributed by atoms with Crippen LogP contribution in [-0.4, -0.2) is 55.1 Å². The van der Waals surface area contributed by atoms with Gasteiger partial charge >= 0.3 is 0 Å². The van der Waals surface area contributed by atoms with Gasteiger partial charge in [-0.25, -0.2) is 8.42 Å². The minimum Gasteiger partial charge on any atom is -0.379 e. The van der Waals surface area contributed by atoms with Crippen molar-refractivity contribution < 1.29 is 23.0 Å². The number of nitro groups is 2. The second-order valence-corrected chi connectivity index (χ2v) is 8.11. The van der Waals surface area contributed by atoms with Crippen LogP contribution in [0.2, 0.25) is 0 Å². The molecule has 0 spiro atoms. The number of nitrogens with zero attached hydrogens (tertiary/aromatic N) is 4. The number of non-ortho nitro benzene ring substituents is 1. The molecule has 0 amide bonds. The average molecular weight is 435 g/mol. The molecule has 1 aliphatic rings. The standard InChI is InChI=1S/C17H17N5O7S/c23-21(24)14-3-1-2-13(10-14)12-18-19-16-5-4-15(11-17(16)22(25)26)30(27,28)20-6-8-29-9-7-20/h1-5,10-12,19H,6-9H2. The second kappa shape index (κ2) is 8.94. The van der Waals surface area contributed by atoms with Gasteiger partial charge < -0.3 is 4.74 Å². The van der Waals surface area contributed by atoms with Gasteiger partial charge in [0.25, 0.3) is 11.4 Å². The minimum absolute atomic E-state index is 0.0254. The summed E-state index contributed by atoms with van der Waals surface area (Å²) in [5, 5.41) is 26.1. The van der Waals surface area contributed by atoms with Gasteiger partial charge in [0.15, 0.2) is 0 Å². The van der Waals surface area contributed by atoms with E-state index in [9.17, 15) is 28.6 Å². The van der Waals surface area contributed by atoms with Gasteiger partial charge in [-0.15, -0.1) is 0 Å². The van der Waals surface area contributed by atoms with Gasteiger partial charge in [0.1, 0.15) is 5.69 Å². The predicted molar refractivity (Wildman–Crippen MR) is 107 cm³/mol. The molecule has 0 bridgehead atoms. The Bertz CT molecular complexity index is 1100. The number of benzene rings is 2. The summed E-state index contributed by atoms with van der Waals surface area (Å²) in [6.07, 6.45) is 1.26. The van der Waals surface area contributed by atoms with E-state index in [1.54, 1.807) is 6.07 Å². The summed E-state index contributed by atoms with van der Waals surface area (Å²) < 4.78 is 31.8. The van der Waals surface area contributed by atoms with Crippen molar-refractivity contribution in [3.63, 3.8) is 0 Å². The van der Waals surface area contributed by atoms with E-state index < -0.39 is 25.6 Å². The highest BCUT2D eigenvalue weighted by atomic mass is 32.2. The van der Waals surface area contributed by atoms with Crippen LogP contribution in [0.1, 0.15) is 5.56 Å². The summed E-state index contributed by atoms with van der Waals surface area (Å²) in [5.41, 5.74) is 2.27. The van der Waals surface area contributed by atoms with Crippen molar-refractivity contribution in [2.24, 2.45) is 5.10 Å². The molecule has 1 saturated heterocycles. The molecule has 0 aromatic heterocycles. The number of hydrazone groups is 1. The highest BCUT2D eigenvalue weighted by Crippen LogP contribution is 2.29. The van der Waals surface area contributed by atoms with Crippen molar-refractivity contribution in [2.75, 3.05) is 31.7 Å². The minimum atomic E-state index is -3.89. The molecule has 1 fully saturated rings. The Hall–Kier alpha value is -3.42. The van der Waals surface area contributed by atoms with Gasteiger partial charge in [-0.2, -0.15) is 9.41 Å². The number of sulfonamides is 1. The molecular weight excluding hydrogens is 418 g/mol. The predicted octanol–water partition coefficient (Wildman–Crippen LogP) is 1.97. The number of ether oxygens (including phenoxy) is 1. The fourth-order valence-corrected chi connectivity index (χ4v) is 4.18. The van der Waals surface area contributed by atoms with E-state index in [-0.39, 0.29) is 42.6 Å². The third-order valence-corrected chi connectivity index (χ3v) is 6.15. The monoisotopic (exact) mass is 435 g/mol. The van der Waals surface area contributed by atoms with E-state index in [1.165, 1.54) is 40.9 Å². The molecular formula is C17H17N5O7S. The van der Waals surface area contributed by atoms with E-state index in [1.807, 2.05) is 0 Å². The largest absolute Gasteiger partial charge is 0.379 e. The molecule has 1 aliphatic heterocycles. The summed E-state index contributed by atoms with van der Waals surface area (Å²) in [4.78, 5) is 20.8. The molecule has 2 aromatic carbocycles. The number of morpholine rings is 1. The third kappa shape index (κ3) is 4.76. The van der Waals surface area contributed by atoms with E-state index in [2.05, 4.69) is 10.5 Å². The number of anilines is 1. The van der Waals surface area contributed by atoms with Crippen molar-refractivity contribution in [2.45, 2.75) is 4.90 Å². The first-order valence-electron chi connectivity index (χ1n) is 8.69. The van der Waals surface area contributed by atoms with Crippen molar-refractivity contribution >= 4 is 33.3 Å². The summed E-state index contributed by atoms with van der Waals surface area (Å²) in [5.74, 6) is 0. The van der Waals surface area contributed by atoms with Gasteiger partial charge in [-0.05, 0) is 12.1 Å². The topological polar surface area (TPSA) is 157 Å². The van der Waals surface area contributed by atoms with E-state index >= 15 is 0 Å². The van der Waals surface area contributed by atoms with Gasteiger partial charge in [0, 0.05) is 36.9 Å². The highest BCUT2D eigenvalue weighted by molar-refractivity contribution is 7.89. The lowest BCUT2D eigenvalue weighted by molar-refractivity contribution is -0.384. The summed E-state index contributed by atoms with van der Waals surface area (Å²) in [6, 6.07) is 9.13. The van der Waals surface area contributed by atoms with Crippen molar-refractivity contribution in [3.05, 3.63) is 68.3 Å². The Labute approximate surface area is 171 Å². The van der Waals surface area contributed by atoms with Gasteiger partial charge in [-0.1, -0.05) is 12.1 Å². The normalized spacial score (nSPS) is 15.2. The van der Waals surface area contributed by atoms with Gasteiger partial charge in [0.05, 0.1) is 34.2 Å². The van der Waals surface area contributed by atoms with Crippen LogP contribution in [0.25, 0.3) is 0 Å². The zero-order chi connectivity index (χ0) is 21.7. The second-order valence-electron chi connectivity index (χ2n) is 6.17. The Morgan fingerprint density at radius 3 is 2.47 bits per heavy atom. The molecule has 1 heterocycles. The maximum Gasteiger partial charge on any atom is 0.295 e. The van der Waals surface area contributed by atoms with E-state index in [4.69, 9.17) is 4.74 Å². The number of nitro benzene ring substituents is 2. The molecule has 0 saturated carbocycles. The zero-order valence-corrected chi connectivity index (χ0v) is 16.3. The van der Waals surface area contributed by atoms with Crippen molar-refractivity contribution in [1.29, 1.82) is 0 Å². The molecule has 158 valence electrons. The summed E-state index contributed by atoms with van der Waals surface area (Å²) >= 11 is 0. The number of rotatable bonds is 7. The van der Waals surface area contributed by atoms with E-state index in [0.717, 1.165) is 6.07 Å². The first-order valence-corrected chi connectivity index (χ1v) is 10.1. The lowest BCUT2D eigenvalue weighted by atomic mass is 10.2. The molecule has 13 heteroatoms. The average Bonchev–Trinajstić information content (AvgIpc) is 2.74. The summed E-state index contributed by atoms with van der Waals surface area (Å²) in [7, 11) is -3.89. The molecule has 12 nitrogen and oxygen atoms in total. The molecule has 0 unspecified atom stereocenters. The van der Waals surface area contributed by atoms with E-state index in [0.29, 0.717) is 5.56 Å². The first kappa shape index (κ1) is 21.3. The van der Waals surface area contributed by atoms with Crippen LogP contribution in [0, 0.1) is 20.2 Å². The van der Waals surface area contributed by atoms with Gasteiger partial charge in [0.2, 0.25) is 10.0 Å². The van der Waals surface area contributed by atoms with Crippen LogP contribution in [0.5, 0.6) is 0 Å². The maximum absolute atomic E-state index is 12.7. The van der Waals surface area contributed by atoms with Crippen molar-refractivity contribution in [1.82, 2.24) is 4.31 Å². The maximum atomic E-state index is 12.7. The van der Waals surface area contributed by atoms with Gasteiger partial charge in [-0.3, -0.25) is 25.7 Å². The van der Waals surface area contributed by atoms with Crippen LogP contribution in [0.3, 0.4) is 0 Å². The van der Waals surface area contributed by atoms with Crippen LogP contribution in [0.15, 0.2) is 52.5 Å². The fraction of sp³-hybridized carbons (Fsp3) is 0.235. The highest BCUT2D eigenvalue weighted by Gasteiger charge is 2.28. The molecule has 2 aromatic rings. The first-order chi connectivity index (χ1) is 14.3. The Kier molecular flexibility index (Phi) is 6.34. The SMILES string of the molecule is O=[N+]([O-])c1cccc(C=NNc2ccc(S(=O)(=O)N3CCOCC3)cc2[N+](=O)[O-])c1. The zero-order valence-electron chi connectivity index (χ0n) is 15.5. The molecule has 3 rings (SSSR count). The quantitative estimate of drug-likeness (QED) is 0.393. The third-order valence-electron chi connectivity index (χ3n) is 4.25. The Morgan fingerprint density at radius 1 is 1.07 bits per heavy atom. The number of hydrogen-bond donors (Lipinski definition) is 1.